The summed E-state index contributed by atoms with van der Waals surface area (Å²) in [6.07, 6.45) is -3.38. The molecule has 0 saturated carbocycles. The molecule has 0 radical (unpaired) electrons. The zero-order chi connectivity index (χ0) is 24.6. The molecule has 3 aromatic rings. The Labute approximate surface area is 204 Å². The third-order valence-corrected chi connectivity index (χ3v) is 7.27. The highest BCUT2D eigenvalue weighted by molar-refractivity contribution is 7.15. The number of aromatic nitrogens is 1. The van der Waals surface area contributed by atoms with Gasteiger partial charge in [-0.3, -0.25) is 0 Å². The molecular formula is C23H25ClN2O7S. The fourth-order valence-electron chi connectivity index (χ4n) is 3.98. The van der Waals surface area contributed by atoms with E-state index in [1.54, 1.807) is 36.7 Å². The maximum atomic E-state index is 12.2. The Bertz CT molecular complexity index is 1150. The lowest BCUT2D eigenvalue weighted by Crippen LogP contribution is -2.67. The number of rotatable bonds is 6. The van der Waals surface area contributed by atoms with E-state index in [1.807, 2.05) is 6.07 Å². The van der Waals surface area contributed by atoms with Crippen molar-refractivity contribution in [1.29, 1.82) is 0 Å². The number of carbonyl (C=O) groups excluding carboxylic acids is 1. The van der Waals surface area contributed by atoms with Gasteiger partial charge in [-0.25, -0.2) is 9.78 Å². The number of esters is 1. The number of ether oxygens (including phenoxy) is 2. The molecule has 0 unspecified atom stereocenters. The molecule has 3 heterocycles. The van der Waals surface area contributed by atoms with Crippen molar-refractivity contribution in [3.8, 4) is 10.6 Å². The van der Waals surface area contributed by atoms with Crippen molar-refractivity contribution in [3.05, 3.63) is 63.9 Å². The first-order valence-electron chi connectivity index (χ1n) is 10.5. The van der Waals surface area contributed by atoms with Gasteiger partial charge >= 0.3 is 5.97 Å². The molecule has 2 aromatic heterocycles. The van der Waals surface area contributed by atoms with Crippen molar-refractivity contribution in [3.63, 3.8) is 0 Å². The Hall–Kier alpha value is -2.31. The zero-order valence-electron chi connectivity index (χ0n) is 18.4. The molecule has 4 rings (SSSR count). The first-order chi connectivity index (χ1) is 16.1. The standard InChI is InChI=1S/C23H25ClN2O7S/c1-23(25,22(30)31-2)21-19(29)17(27)18(28)20(33-21)11-5-6-13(24)12(8-11)9-16-26-10-15(34-16)14-4-3-7-32-14/h3-8,10,17-21,27-29H,9,25H2,1-2H3/t17-,18-,19+,20+,21+,23-/m1/s1. The van der Waals surface area contributed by atoms with Crippen LogP contribution in [0.1, 0.15) is 29.2 Å². The van der Waals surface area contributed by atoms with Gasteiger partial charge in [-0.15, -0.1) is 11.3 Å². The molecule has 1 aliphatic heterocycles. The summed E-state index contributed by atoms with van der Waals surface area (Å²) in [5, 5.41) is 32.9. The molecule has 0 amide bonds. The third-order valence-electron chi connectivity index (χ3n) is 5.89. The van der Waals surface area contributed by atoms with Crippen LogP contribution in [0, 0.1) is 0 Å². The highest BCUT2D eigenvalue weighted by Crippen LogP contribution is 2.38. The Kier molecular flexibility index (Phi) is 7.11. The average Bonchev–Trinajstić information content (AvgIpc) is 3.50. The van der Waals surface area contributed by atoms with E-state index in [-0.39, 0.29) is 0 Å². The highest BCUT2D eigenvalue weighted by atomic mass is 35.5. The molecule has 34 heavy (non-hydrogen) atoms. The van der Waals surface area contributed by atoms with Crippen LogP contribution in [0.2, 0.25) is 5.02 Å². The molecule has 9 nitrogen and oxygen atoms in total. The fraction of sp³-hybridized carbons (Fsp3) is 0.391. The van der Waals surface area contributed by atoms with Crippen molar-refractivity contribution in [2.75, 3.05) is 7.11 Å². The maximum absolute atomic E-state index is 12.2. The van der Waals surface area contributed by atoms with Crippen molar-refractivity contribution in [2.24, 2.45) is 5.73 Å². The number of nitrogens with two attached hydrogens (primary N) is 1. The van der Waals surface area contributed by atoms with Crippen LogP contribution in [0.25, 0.3) is 10.6 Å². The van der Waals surface area contributed by atoms with E-state index in [1.165, 1.54) is 18.3 Å². The molecule has 1 saturated heterocycles. The van der Waals surface area contributed by atoms with Crippen LogP contribution in [0.4, 0.5) is 0 Å². The van der Waals surface area contributed by atoms with Crippen molar-refractivity contribution >= 4 is 28.9 Å². The van der Waals surface area contributed by atoms with Gasteiger partial charge in [0.2, 0.25) is 0 Å². The van der Waals surface area contributed by atoms with Gasteiger partial charge in [0.05, 0.1) is 23.3 Å². The SMILES string of the molecule is COC(=O)[C@](C)(N)[C@H]1O[C@@H](c2ccc(Cl)c(Cc3ncc(-c4ccco4)s3)c2)[C@H](O)[C@@H](O)[C@@H]1O. The molecule has 5 N–H and O–H groups in total. The van der Waals surface area contributed by atoms with E-state index in [0.29, 0.717) is 17.0 Å². The second-order valence-corrected chi connectivity index (χ2v) is 9.87. The summed E-state index contributed by atoms with van der Waals surface area (Å²) in [7, 11) is 1.16. The van der Waals surface area contributed by atoms with Gasteiger partial charge in [0.25, 0.3) is 0 Å². The summed E-state index contributed by atoms with van der Waals surface area (Å²) in [5.74, 6) is -0.108. The third kappa shape index (κ3) is 4.63. The van der Waals surface area contributed by atoms with E-state index in [4.69, 9.17) is 31.2 Å². The summed E-state index contributed by atoms with van der Waals surface area (Å²) < 4.78 is 16.0. The topological polar surface area (TPSA) is 148 Å². The number of aliphatic hydroxyl groups excluding tert-OH is 3. The zero-order valence-corrected chi connectivity index (χ0v) is 20.0. The monoisotopic (exact) mass is 508 g/mol. The van der Waals surface area contributed by atoms with Crippen LogP contribution in [0.15, 0.2) is 47.2 Å². The number of nitrogens with zero attached hydrogens (tertiary/aromatic N) is 1. The maximum Gasteiger partial charge on any atom is 0.328 e. The van der Waals surface area contributed by atoms with Gasteiger partial charge in [0, 0.05) is 17.6 Å². The van der Waals surface area contributed by atoms with Gasteiger partial charge in [0.1, 0.15) is 41.8 Å². The van der Waals surface area contributed by atoms with Crippen LogP contribution >= 0.6 is 22.9 Å². The van der Waals surface area contributed by atoms with Gasteiger partial charge in [-0.2, -0.15) is 0 Å². The lowest BCUT2D eigenvalue weighted by molar-refractivity contribution is -0.240. The van der Waals surface area contributed by atoms with Crippen molar-refractivity contribution < 1.29 is 34.0 Å². The highest BCUT2D eigenvalue weighted by Gasteiger charge is 2.53. The van der Waals surface area contributed by atoms with Crippen molar-refractivity contribution in [1.82, 2.24) is 4.98 Å². The number of hydrogen-bond donors (Lipinski definition) is 4. The molecule has 1 fully saturated rings. The van der Waals surface area contributed by atoms with E-state index in [2.05, 4.69) is 4.98 Å². The van der Waals surface area contributed by atoms with Crippen LogP contribution in [0.3, 0.4) is 0 Å². The molecule has 11 heteroatoms. The van der Waals surface area contributed by atoms with Crippen LogP contribution in [-0.2, 0) is 20.7 Å². The Balaban J connectivity index is 1.61. The Morgan fingerprint density at radius 2 is 2.03 bits per heavy atom. The first kappa shape index (κ1) is 24.8. The molecule has 6 atom stereocenters. The molecule has 1 aromatic carbocycles. The second kappa shape index (κ2) is 9.74. The van der Waals surface area contributed by atoms with E-state index < -0.39 is 42.0 Å². The molecule has 0 spiro atoms. The number of halogens is 1. The summed E-state index contributed by atoms with van der Waals surface area (Å²) in [4.78, 5) is 17.5. The fourth-order valence-corrected chi connectivity index (χ4v) is 5.08. The predicted molar refractivity (Wildman–Crippen MR) is 124 cm³/mol. The predicted octanol–water partition coefficient (Wildman–Crippen LogP) is 2.06. The average molecular weight is 509 g/mol. The van der Waals surface area contributed by atoms with Crippen LogP contribution < -0.4 is 5.73 Å². The van der Waals surface area contributed by atoms with E-state index >= 15 is 0 Å². The van der Waals surface area contributed by atoms with Gasteiger partial charge < -0.3 is 34.9 Å². The summed E-state index contributed by atoms with van der Waals surface area (Å²) in [6.45, 7) is 1.33. The quantitative estimate of drug-likeness (QED) is 0.367. The summed E-state index contributed by atoms with van der Waals surface area (Å²) in [5.41, 5.74) is 5.53. The Morgan fingerprint density at radius 1 is 1.26 bits per heavy atom. The Morgan fingerprint density at radius 3 is 2.71 bits per heavy atom. The lowest BCUT2D eigenvalue weighted by atomic mass is 9.82. The second-order valence-electron chi connectivity index (χ2n) is 8.35. The molecule has 0 bridgehead atoms. The van der Waals surface area contributed by atoms with Crippen LogP contribution in [-0.4, -0.2) is 63.3 Å². The number of benzene rings is 1. The number of hydrogen-bond acceptors (Lipinski definition) is 10. The molecule has 182 valence electrons. The lowest BCUT2D eigenvalue weighted by Gasteiger charge is -2.45. The molecule has 0 aliphatic carbocycles. The first-order valence-corrected chi connectivity index (χ1v) is 11.7. The van der Waals surface area contributed by atoms with Crippen LogP contribution in [0.5, 0.6) is 0 Å². The minimum atomic E-state index is -1.77. The van der Waals surface area contributed by atoms with Crippen molar-refractivity contribution in [2.45, 2.75) is 49.4 Å². The summed E-state index contributed by atoms with van der Waals surface area (Å²) in [6, 6.07) is 8.68. The van der Waals surface area contributed by atoms with Gasteiger partial charge in [0.15, 0.2) is 0 Å². The summed E-state index contributed by atoms with van der Waals surface area (Å²) >= 11 is 7.89. The van der Waals surface area contributed by atoms with Gasteiger partial charge in [-0.05, 0) is 36.2 Å². The minimum Gasteiger partial charge on any atom is -0.468 e. The smallest absolute Gasteiger partial charge is 0.328 e. The number of aliphatic hydroxyl groups is 3. The van der Waals surface area contributed by atoms with E-state index in [9.17, 15) is 20.1 Å². The number of methoxy groups -OCH3 is 1. The number of carbonyl (C=O) groups is 1. The number of furan rings is 1. The largest absolute Gasteiger partial charge is 0.468 e. The van der Waals surface area contributed by atoms with Gasteiger partial charge in [-0.1, -0.05) is 23.7 Å². The molecular weight excluding hydrogens is 484 g/mol. The number of thiazole rings is 1. The minimum absolute atomic E-state index is 0.409. The normalized spacial score (nSPS) is 26.7. The van der Waals surface area contributed by atoms with E-state index in [0.717, 1.165) is 28.3 Å². The molecule has 1 aliphatic rings.